The van der Waals surface area contributed by atoms with Gasteiger partial charge in [0.25, 0.3) is 5.91 Å². The SMILES string of the molecule is COC(=O)c1ccc(N2CCOCC2)c(NC(=O)c2ccc(-c3ccc(Cl)c(Cl)c3)o2)c1. The number of benzene rings is 2. The number of nitrogens with one attached hydrogen (secondary N) is 1. The molecule has 166 valence electrons. The Morgan fingerprint density at radius 1 is 1.00 bits per heavy atom. The van der Waals surface area contributed by atoms with Crippen molar-refractivity contribution in [3.05, 3.63) is 69.9 Å². The Morgan fingerprint density at radius 3 is 2.50 bits per heavy atom. The Bertz CT molecular complexity index is 1160. The van der Waals surface area contributed by atoms with E-state index in [2.05, 4.69) is 10.2 Å². The summed E-state index contributed by atoms with van der Waals surface area (Å²) >= 11 is 12.0. The fourth-order valence-electron chi connectivity index (χ4n) is 3.41. The minimum absolute atomic E-state index is 0.113. The third-order valence-electron chi connectivity index (χ3n) is 5.05. The molecule has 3 aromatic rings. The fraction of sp³-hybridized carbons (Fsp3) is 0.217. The monoisotopic (exact) mass is 474 g/mol. The van der Waals surface area contributed by atoms with Gasteiger partial charge in [-0.1, -0.05) is 23.2 Å². The predicted octanol–water partition coefficient (Wildman–Crippen LogP) is 5.13. The highest BCUT2D eigenvalue weighted by Gasteiger charge is 2.20. The fourth-order valence-corrected chi connectivity index (χ4v) is 3.71. The zero-order valence-corrected chi connectivity index (χ0v) is 18.7. The van der Waals surface area contributed by atoms with Crippen LogP contribution < -0.4 is 10.2 Å². The van der Waals surface area contributed by atoms with Crippen LogP contribution in [0.2, 0.25) is 10.0 Å². The Kier molecular flexibility index (Phi) is 6.69. The summed E-state index contributed by atoms with van der Waals surface area (Å²) in [5.74, 6) is -0.352. The molecular formula is C23H20Cl2N2O5. The average Bonchev–Trinajstić information content (AvgIpc) is 3.31. The van der Waals surface area contributed by atoms with Crippen molar-refractivity contribution >= 4 is 46.5 Å². The number of morpholine rings is 1. The van der Waals surface area contributed by atoms with Crippen molar-refractivity contribution < 1.29 is 23.5 Å². The highest BCUT2D eigenvalue weighted by Crippen LogP contribution is 2.31. The average molecular weight is 475 g/mol. The standard InChI is InChI=1S/C23H20Cl2N2O5/c1-30-23(29)15-3-5-19(27-8-10-31-11-9-27)18(13-15)26-22(28)21-7-6-20(32-21)14-2-4-16(24)17(25)12-14/h2-7,12-13H,8-11H2,1H3,(H,26,28). The molecule has 4 rings (SSSR count). The number of carbonyl (C=O) groups is 2. The minimum Gasteiger partial charge on any atom is -0.465 e. The van der Waals surface area contributed by atoms with E-state index in [4.69, 9.17) is 37.1 Å². The first-order valence-corrected chi connectivity index (χ1v) is 10.6. The zero-order chi connectivity index (χ0) is 22.7. The van der Waals surface area contributed by atoms with Crippen LogP contribution in [0.15, 0.2) is 52.9 Å². The van der Waals surface area contributed by atoms with Crippen molar-refractivity contribution in [3.63, 3.8) is 0 Å². The Labute approximate surface area is 194 Å². The molecule has 0 saturated carbocycles. The van der Waals surface area contributed by atoms with E-state index in [1.807, 2.05) is 0 Å². The second-order valence-electron chi connectivity index (χ2n) is 7.07. The number of methoxy groups -OCH3 is 1. The van der Waals surface area contributed by atoms with Crippen LogP contribution in [0.3, 0.4) is 0 Å². The van der Waals surface area contributed by atoms with Crippen LogP contribution in [0.1, 0.15) is 20.9 Å². The molecule has 0 radical (unpaired) electrons. The summed E-state index contributed by atoms with van der Waals surface area (Å²) in [5, 5.41) is 3.68. The summed E-state index contributed by atoms with van der Waals surface area (Å²) in [7, 11) is 1.31. The van der Waals surface area contributed by atoms with Crippen LogP contribution in [0.5, 0.6) is 0 Å². The maximum Gasteiger partial charge on any atom is 0.337 e. The number of anilines is 2. The number of halogens is 2. The van der Waals surface area contributed by atoms with Crippen molar-refractivity contribution in [1.82, 2.24) is 0 Å². The molecule has 9 heteroatoms. The van der Waals surface area contributed by atoms with Gasteiger partial charge in [-0.2, -0.15) is 0 Å². The quantitative estimate of drug-likeness (QED) is 0.516. The molecule has 0 unspecified atom stereocenters. The number of esters is 1. The number of carbonyl (C=O) groups excluding carboxylic acids is 2. The third kappa shape index (κ3) is 4.75. The van der Waals surface area contributed by atoms with Crippen LogP contribution in [-0.2, 0) is 9.47 Å². The van der Waals surface area contributed by atoms with Crippen LogP contribution >= 0.6 is 23.2 Å². The summed E-state index contributed by atoms with van der Waals surface area (Å²) < 4.78 is 16.0. The second-order valence-corrected chi connectivity index (χ2v) is 7.88. The van der Waals surface area contributed by atoms with Gasteiger partial charge in [-0.25, -0.2) is 4.79 Å². The van der Waals surface area contributed by atoms with Crippen molar-refractivity contribution in [3.8, 4) is 11.3 Å². The van der Waals surface area contributed by atoms with Gasteiger partial charge in [0.2, 0.25) is 0 Å². The number of rotatable bonds is 5. The predicted molar refractivity (Wildman–Crippen MR) is 123 cm³/mol. The van der Waals surface area contributed by atoms with E-state index in [-0.39, 0.29) is 5.76 Å². The Morgan fingerprint density at radius 2 is 1.78 bits per heavy atom. The van der Waals surface area contributed by atoms with E-state index < -0.39 is 11.9 Å². The molecule has 0 spiro atoms. The molecular weight excluding hydrogens is 455 g/mol. The molecule has 0 bridgehead atoms. The van der Waals surface area contributed by atoms with Gasteiger partial charge in [-0.05, 0) is 48.5 Å². The van der Waals surface area contributed by atoms with Crippen molar-refractivity contribution in [2.24, 2.45) is 0 Å². The highest BCUT2D eigenvalue weighted by atomic mass is 35.5. The minimum atomic E-state index is -0.492. The Balaban J connectivity index is 1.61. The summed E-state index contributed by atoms with van der Waals surface area (Å²) in [6.45, 7) is 2.50. The van der Waals surface area contributed by atoms with Gasteiger partial charge >= 0.3 is 5.97 Å². The van der Waals surface area contributed by atoms with E-state index >= 15 is 0 Å². The van der Waals surface area contributed by atoms with E-state index in [9.17, 15) is 9.59 Å². The van der Waals surface area contributed by atoms with Crippen molar-refractivity contribution in [1.29, 1.82) is 0 Å². The molecule has 1 aromatic heterocycles. The van der Waals surface area contributed by atoms with Gasteiger partial charge < -0.3 is 24.1 Å². The van der Waals surface area contributed by atoms with Crippen LogP contribution in [0, 0.1) is 0 Å². The van der Waals surface area contributed by atoms with Gasteiger partial charge in [-0.15, -0.1) is 0 Å². The highest BCUT2D eigenvalue weighted by molar-refractivity contribution is 6.42. The number of hydrogen-bond acceptors (Lipinski definition) is 6. The topological polar surface area (TPSA) is 81.0 Å². The molecule has 2 aromatic carbocycles. The maximum atomic E-state index is 13.0. The van der Waals surface area contributed by atoms with E-state index in [1.165, 1.54) is 7.11 Å². The van der Waals surface area contributed by atoms with E-state index in [0.29, 0.717) is 58.9 Å². The molecule has 1 amide bonds. The summed E-state index contributed by atoms with van der Waals surface area (Å²) in [6.07, 6.45) is 0. The third-order valence-corrected chi connectivity index (χ3v) is 5.79. The molecule has 1 aliphatic heterocycles. The molecule has 7 nitrogen and oxygen atoms in total. The van der Waals surface area contributed by atoms with E-state index in [1.54, 1.807) is 48.5 Å². The van der Waals surface area contributed by atoms with Crippen molar-refractivity contribution in [2.45, 2.75) is 0 Å². The van der Waals surface area contributed by atoms with Crippen LogP contribution in [-0.4, -0.2) is 45.3 Å². The largest absolute Gasteiger partial charge is 0.465 e. The Hall–Kier alpha value is -3.00. The smallest absolute Gasteiger partial charge is 0.337 e. The first kappa shape index (κ1) is 22.2. The number of furan rings is 1. The molecule has 32 heavy (non-hydrogen) atoms. The molecule has 0 aliphatic carbocycles. The maximum absolute atomic E-state index is 13.0. The lowest BCUT2D eigenvalue weighted by Gasteiger charge is -2.30. The van der Waals surface area contributed by atoms with Gasteiger partial charge in [0.05, 0.1) is 47.3 Å². The number of hydrogen-bond donors (Lipinski definition) is 1. The van der Waals surface area contributed by atoms with Crippen LogP contribution in [0.4, 0.5) is 11.4 Å². The van der Waals surface area contributed by atoms with E-state index in [0.717, 1.165) is 5.69 Å². The molecule has 1 N–H and O–H groups in total. The number of amides is 1. The lowest BCUT2D eigenvalue weighted by atomic mass is 10.1. The summed E-state index contributed by atoms with van der Waals surface area (Å²) in [5.41, 5.74) is 2.29. The first-order chi connectivity index (χ1) is 15.5. The van der Waals surface area contributed by atoms with Gasteiger partial charge in [0.1, 0.15) is 5.76 Å². The molecule has 2 heterocycles. The molecule has 1 saturated heterocycles. The second kappa shape index (κ2) is 9.65. The summed E-state index contributed by atoms with van der Waals surface area (Å²) in [6, 6.07) is 13.4. The van der Waals surface area contributed by atoms with Gasteiger partial charge in [-0.3, -0.25) is 4.79 Å². The first-order valence-electron chi connectivity index (χ1n) is 9.88. The van der Waals surface area contributed by atoms with Crippen LogP contribution in [0.25, 0.3) is 11.3 Å². The number of ether oxygens (including phenoxy) is 2. The lowest BCUT2D eigenvalue weighted by molar-refractivity contribution is 0.0600. The molecule has 1 fully saturated rings. The lowest BCUT2D eigenvalue weighted by Crippen LogP contribution is -2.36. The zero-order valence-electron chi connectivity index (χ0n) is 17.2. The summed E-state index contributed by atoms with van der Waals surface area (Å²) in [4.78, 5) is 27.1. The van der Waals surface area contributed by atoms with Crippen molar-refractivity contribution in [2.75, 3.05) is 43.6 Å². The van der Waals surface area contributed by atoms with Gasteiger partial charge in [0.15, 0.2) is 5.76 Å². The molecule has 0 atom stereocenters. The normalized spacial score (nSPS) is 13.7. The van der Waals surface area contributed by atoms with Gasteiger partial charge in [0, 0.05) is 18.7 Å². The number of nitrogens with zero attached hydrogens (tertiary/aromatic N) is 1. The molecule has 1 aliphatic rings.